The van der Waals surface area contributed by atoms with Crippen LogP contribution >= 0.6 is 11.6 Å². The molecule has 0 saturated carbocycles. The topological polar surface area (TPSA) is 85.5 Å². The van der Waals surface area contributed by atoms with E-state index < -0.39 is 10.0 Å². The standard InChI is InChI=1S/C17H16ClN3O4S/c1-21(2)26(22,23)15-10-11(8-9-14(15)24-3)16-19-20-17(25-16)12-6-4-5-7-13(12)18/h4-10H,1-3H3. The van der Waals surface area contributed by atoms with Gasteiger partial charge in [0.05, 0.1) is 17.7 Å². The summed E-state index contributed by atoms with van der Waals surface area (Å²) in [6, 6.07) is 11.7. The van der Waals surface area contributed by atoms with Gasteiger partial charge in [-0.1, -0.05) is 23.7 Å². The molecule has 2 aromatic carbocycles. The molecular weight excluding hydrogens is 378 g/mol. The molecule has 0 spiro atoms. The minimum absolute atomic E-state index is 0.0139. The van der Waals surface area contributed by atoms with Crippen molar-refractivity contribution in [3.63, 3.8) is 0 Å². The molecule has 7 nitrogen and oxygen atoms in total. The largest absolute Gasteiger partial charge is 0.495 e. The first-order valence-corrected chi connectivity index (χ1v) is 9.35. The summed E-state index contributed by atoms with van der Waals surface area (Å²) in [5.41, 5.74) is 1.06. The summed E-state index contributed by atoms with van der Waals surface area (Å²) in [6.07, 6.45) is 0. The molecule has 0 amide bonds. The first-order chi connectivity index (χ1) is 12.3. The highest BCUT2D eigenvalue weighted by molar-refractivity contribution is 7.89. The van der Waals surface area contributed by atoms with Crippen LogP contribution < -0.4 is 4.74 Å². The Hall–Kier alpha value is -2.42. The van der Waals surface area contributed by atoms with Crippen LogP contribution in [-0.4, -0.2) is 44.1 Å². The highest BCUT2D eigenvalue weighted by Crippen LogP contribution is 2.33. The van der Waals surface area contributed by atoms with Gasteiger partial charge >= 0.3 is 0 Å². The SMILES string of the molecule is COc1ccc(-c2nnc(-c3ccccc3Cl)o2)cc1S(=O)(=O)N(C)C. The van der Waals surface area contributed by atoms with Gasteiger partial charge in [-0.05, 0) is 30.3 Å². The van der Waals surface area contributed by atoms with Gasteiger partial charge in [0.1, 0.15) is 10.6 Å². The normalized spacial score (nSPS) is 11.7. The van der Waals surface area contributed by atoms with E-state index in [1.165, 1.54) is 27.3 Å². The van der Waals surface area contributed by atoms with E-state index in [0.29, 0.717) is 16.1 Å². The van der Waals surface area contributed by atoms with Crippen LogP contribution in [0, 0.1) is 0 Å². The number of rotatable bonds is 5. The average Bonchev–Trinajstić information content (AvgIpc) is 3.11. The highest BCUT2D eigenvalue weighted by Gasteiger charge is 2.24. The monoisotopic (exact) mass is 393 g/mol. The number of halogens is 1. The fourth-order valence-electron chi connectivity index (χ4n) is 2.29. The molecular formula is C17H16ClN3O4S. The van der Waals surface area contributed by atoms with Crippen molar-refractivity contribution in [2.45, 2.75) is 4.90 Å². The molecule has 0 saturated heterocycles. The first-order valence-electron chi connectivity index (χ1n) is 7.54. The van der Waals surface area contributed by atoms with Crippen LogP contribution in [-0.2, 0) is 10.0 Å². The van der Waals surface area contributed by atoms with Gasteiger partial charge in [-0.25, -0.2) is 12.7 Å². The van der Waals surface area contributed by atoms with E-state index in [4.69, 9.17) is 20.8 Å². The summed E-state index contributed by atoms with van der Waals surface area (Å²) in [6.45, 7) is 0. The predicted octanol–water partition coefficient (Wildman–Crippen LogP) is 3.32. The van der Waals surface area contributed by atoms with E-state index in [-0.39, 0.29) is 22.4 Å². The molecule has 0 N–H and O–H groups in total. The van der Waals surface area contributed by atoms with Crippen molar-refractivity contribution in [1.82, 2.24) is 14.5 Å². The summed E-state index contributed by atoms with van der Waals surface area (Å²) < 4.78 is 37.0. The Morgan fingerprint density at radius 1 is 1.08 bits per heavy atom. The van der Waals surface area contributed by atoms with Gasteiger partial charge in [0, 0.05) is 19.7 Å². The lowest BCUT2D eigenvalue weighted by Gasteiger charge is -2.14. The predicted molar refractivity (Wildman–Crippen MR) is 97.6 cm³/mol. The third-order valence-corrected chi connectivity index (χ3v) is 5.86. The molecule has 136 valence electrons. The Kier molecular flexibility index (Phi) is 4.99. The number of aromatic nitrogens is 2. The highest BCUT2D eigenvalue weighted by atomic mass is 35.5. The van der Waals surface area contributed by atoms with Crippen LogP contribution in [0.25, 0.3) is 22.9 Å². The van der Waals surface area contributed by atoms with Crippen LogP contribution in [0.5, 0.6) is 5.75 Å². The van der Waals surface area contributed by atoms with Gasteiger partial charge in [-0.2, -0.15) is 0 Å². The lowest BCUT2D eigenvalue weighted by atomic mass is 10.2. The zero-order valence-corrected chi connectivity index (χ0v) is 15.9. The third kappa shape index (κ3) is 3.31. The van der Waals surface area contributed by atoms with Crippen molar-refractivity contribution < 1.29 is 17.6 Å². The number of hydrogen-bond donors (Lipinski definition) is 0. The molecule has 0 unspecified atom stereocenters. The molecule has 0 fully saturated rings. The summed E-state index contributed by atoms with van der Waals surface area (Å²) in [4.78, 5) is 0.0139. The fourth-order valence-corrected chi connectivity index (χ4v) is 3.58. The number of methoxy groups -OCH3 is 1. The molecule has 0 aliphatic heterocycles. The van der Waals surface area contributed by atoms with Crippen molar-refractivity contribution in [3.05, 3.63) is 47.5 Å². The Morgan fingerprint density at radius 3 is 2.42 bits per heavy atom. The van der Waals surface area contributed by atoms with Gasteiger partial charge < -0.3 is 9.15 Å². The molecule has 26 heavy (non-hydrogen) atoms. The Morgan fingerprint density at radius 2 is 1.77 bits per heavy atom. The number of hydrogen-bond acceptors (Lipinski definition) is 6. The van der Waals surface area contributed by atoms with Crippen LogP contribution in [0.4, 0.5) is 0 Å². The van der Waals surface area contributed by atoms with Gasteiger partial charge in [-0.3, -0.25) is 0 Å². The molecule has 0 bridgehead atoms. The molecule has 0 aliphatic carbocycles. The van der Waals surface area contributed by atoms with Crippen molar-refractivity contribution >= 4 is 21.6 Å². The molecule has 3 aromatic rings. The number of ether oxygens (including phenoxy) is 1. The van der Waals surface area contributed by atoms with E-state index >= 15 is 0 Å². The second kappa shape index (κ2) is 7.06. The number of nitrogens with zero attached hydrogens (tertiary/aromatic N) is 3. The van der Waals surface area contributed by atoms with E-state index in [1.54, 1.807) is 36.4 Å². The zero-order chi connectivity index (χ0) is 18.9. The lowest BCUT2D eigenvalue weighted by molar-refractivity contribution is 0.400. The van der Waals surface area contributed by atoms with E-state index in [9.17, 15) is 8.42 Å². The van der Waals surface area contributed by atoms with Gasteiger partial charge in [0.25, 0.3) is 0 Å². The summed E-state index contributed by atoms with van der Waals surface area (Å²) in [5.74, 6) is 0.657. The molecule has 9 heteroatoms. The molecule has 3 rings (SSSR count). The maximum absolute atomic E-state index is 12.5. The molecule has 0 atom stereocenters. The van der Waals surface area contributed by atoms with E-state index in [1.807, 2.05) is 0 Å². The molecule has 0 aliphatic rings. The third-order valence-electron chi connectivity index (χ3n) is 3.70. The van der Waals surface area contributed by atoms with Gasteiger partial charge in [-0.15, -0.1) is 10.2 Å². The minimum Gasteiger partial charge on any atom is -0.495 e. The van der Waals surface area contributed by atoms with Crippen LogP contribution in [0.15, 0.2) is 51.8 Å². The molecule has 0 radical (unpaired) electrons. The minimum atomic E-state index is -3.70. The van der Waals surface area contributed by atoms with Crippen molar-refractivity contribution in [2.75, 3.05) is 21.2 Å². The first kappa shape index (κ1) is 18.4. The Balaban J connectivity index is 2.08. The Labute approximate surface area is 156 Å². The maximum atomic E-state index is 12.5. The van der Waals surface area contributed by atoms with Crippen LogP contribution in [0.1, 0.15) is 0 Å². The summed E-state index contributed by atoms with van der Waals surface area (Å²) in [7, 11) is 0.600. The lowest BCUT2D eigenvalue weighted by Crippen LogP contribution is -2.22. The average molecular weight is 394 g/mol. The summed E-state index contributed by atoms with van der Waals surface area (Å²) >= 11 is 6.14. The van der Waals surface area contributed by atoms with Gasteiger partial charge in [0.2, 0.25) is 21.8 Å². The van der Waals surface area contributed by atoms with E-state index in [0.717, 1.165) is 4.31 Å². The fraction of sp³-hybridized carbons (Fsp3) is 0.176. The quantitative estimate of drug-likeness (QED) is 0.661. The second-order valence-electron chi connectivity index (χ2n) is 5.55. The Bertz CT molecular complexity index is 1050. The number of sulfonamides is 1. The molecule has 1 heterocycles. The van der Waals surface area contributed by atoms with Gasteiger partial charge in [0.15, 0.2) is 0 Å². The van der Waals surface area contributed by atoms with E-state index in [2.05, 4.69) is 10.2 Å². The zero-order valence-electron chi connectivity index (χ0n) is 14.3. The second-order valence-corrected chi connectivity index (χ2v) is 8.07. The van der Waals surface area contributed by atoms with Crippen molar-refractivity contribution in [3.8, 4) is 28.7 Å². The summed E-state index contributed by atoms with van der Waals surface area (Å²) in [5, 5.41) is 8.48. The van der Waals surface area contributed by atoms with Crippen LogP contribution in [0.3, 0.4) is 0 Å². The maximum Gasteiger partial charge on any atom is 0.249 e. The van der Waals surface area contributed by atoms with Crippen molar-refractivity contribution in [1.29, 1.82) is 0 Å². The van der Waals surface area contributed by atoms with Crippen LogP contribution in [0.2, 0.25) is 5.02 Å². The molecule has 1 aromatic heterocycles. The van der Waals surface area contributed by atoms with Crippen molar-refractivity contribution in [2.24, 2.45) is 0 Å². The number of benzene rings is 2. The smallest absolute Gasteiger partial charge is 0.249 e.